The molecule has 1 aromatic carbocycles. The number of benzene rings is 1. The highest BCUT2D eigenvalue weighted by Crippen LogP contribution is 2.31. The van der Waals surface area contributed by atoms with Gasteiger partial charge in [-0.1, -0.05) is 12.1 Å². The molecule has 1 aliphatic rings. The summed E-state index contributed by atoms with van der Waals surface area (Å²) in [6.07, 6.45) is -0.848. The van der Waals surface area contributed by atoms with Gasteiger partial charge in [0.25, 0.3) is 11.8 Å². The van der Waals surface area contributed by atoms with Gasteiger partial charge in [0.05, 0.1) is 12.1 Å². The fraction of sp³-hybridized carbons (Fsp3) is 0.438. The standard InChI is InChI=1S/C16H20N2O5/c1-3-17-16(21)11(2)23-15(20)8-9-18-12-6-4-5-7-13(12)22-10-14(18)19/h4-7,11H,3,8-10H2,1-2H3,(H,17,21)/t11-/m1/s1. The molecule has 0 aliphatic carbocycles. The molecule has 1 aromatic rings. The molecule has 0 bridgehead atoms. The van der Waals surface area contributed by atoms with Crippen LogP contribution in [0.25, 0.3) is 0 Å². The summed E-state index contributed by atoms with van der Waals surface area (Å²) in [5.74, 6) is -0.474. The Kier molecular flexibility index (Phi) is 5.56. The normalized spacial score (nSPS) is 14.5. The third kappa shape index (κ3) is 4.21. The monoisotopic (exact) mass is 320 g/mol. The summed E-state index contributed by atoms with van der Waals surface area (Å²) in [6, 6.07) is 7.14. The molecule has 1 aliphatic heterocycles. The smallest absolute Gasteiger partial charge is 0.308 e. The highest BCUT2D eigenvalue weighted by molar-refractivity contribution is 5.98. The SMILES string of the molecule is CCNC(=O)[C@@H](C)OC(=O)CCN1C(=O)COc2ccccc21. The molecule has 124 valence electrons. The molecular formula is C16H20N2O5. The van der Waals surface area contributed by atoms with E-state index in [1.807, 2.05) is 6.07 Å². The molecule has 0 unspecified atom stereocenters. The minimum Gasteiger partial charge on any atom is -0.482 e. The van der Waals surface area contributed by atoms with Crippen LogP contribution in [0, 0.1) is 0 Å². The van der Waals surface area contributed by atoms with Crippen molar-refractivity contribution in [3.05, 3.63) is 24.3 Å². The maximum atomic E-state index is 12.0. The molecule has 1 N–H and O–H groups in total. The first-order chi connectivity index (χ1) is 11.0. The van der Waals surface area contributed by atoms with Crippen molar-refractivity contribution in [2.75, 3.05) is 24.6 Å². The van der Waals surface area contributed by atoms with Crippen LogP contribution in [0.2, 0.25) is 0 Å². The minimum atomic E-state index is -0.852. The Labute approximate surface area is 134 Å². The second kappa shape index (κ2) is 7.62. The summed E-state index contributed by atoms with van der Waals surface area (Å²) < 4.78 is 10.4. The van der Waals surface area contributed by atoms with Gasteiger partial charge in [0.15, 0.2) is 12.7 Å². The second-order valence-electron chi connectivity index (χ2n) is 5.08. The lowest BCUT2D eigenvalue weighted by Crippen LogP contribution is -2.41. The number of nitrogens with one attached hydrogen (secondary N) is 1. The van der Waals surface area contributed by atoms with Crippen molar-refractivity contribution in [3.8, 4) is 5.75 Å². The topological polar surface area (TPSA) is 84.9 Å². The van der Waals surface area contributed by atoms with Gasteiger partial charge in [0.1, 0.15) is 5.75 Å². The van der Waals surface area contributed by atoms with E-state index in [2.05, 4.69) is 5.32 Å². The number of amides is 2. The van der Waals surface area contributed by atoms with Crippen LogP contribution in [0.4, 0.5) is 5.69 Å². The highest BCUT2D eigenvalue weighted by Gasteiger charge is 2.26. The quantitative estimate of drug-likeness (QED) is 0.786. The number of carbonyl (C=O) groups excluding carboxylic acids is 3. The van der Waals surface area contributed by atoms with Gasteiger partial charge >= 0.3 is 5.97 Å². The molecule has 2 rings (SSSR count). The molecule has 7 nitrogen and oxygen atoms in total. The van der Waals surface area contributed by atoms with Gasteiger partial charge in [0.2, 0.25) is 0 Å². The van der Waals surface area contributed by atoms with Crippen LogP contribution in [-0.4, -0.2) is 43.6 Å². The molecule has 0 saturated heterocycles. The molecular weight excluding hydrogens is 300 g/mol. The Balaban J connectivity index is 1.91. The van der Waals surface area contributed by atoms with E-state index < -0.39 is 12.1 Å². The number of para-hydroxylation sites is 2. The lowest BCUT2D eigenvalue weighted by Gasteiger charge is -2.29. The van der Waals surface area contributed by atoms with Gasteiger partial charge < -0.3 is 19.7 Å². The number of likely N-dealkylation sites (N-methyl/N-ethyl adjacent to an activating group) is 1. The van der Waals surface area contributed by atoms with Crippen molar-refractivity contribution in [1.29, 1.82) is 0 Å². The Morgan fingerprint density at radius 2 is 2.13 bits per heavy atom. The lowest BCUT2D eigenvalue weighted by molar-refractivity contribution is -0.154. The van der Waals surface area contributed by atoms with Crippen LogP contribution < -0.4 is 15.0 Å². The number of ether oxygens (including phenoxy) is 2. The van der Waals surface area contributed by atoms with Crippen molar-refractivity contribution in [2.45, 2.75) is 26.4 Å². The van der Waals surface area contributed by atoms with Crippen LogP contribution in [0.5, 0.6) is 5.75 Å². The Hall–Kier alpha value is -2.57. The Bertz CT molecular complexity index is 602. The predicted molar refractivity (Wildman–Crippen MR) is 83.1 cm³/mol. The molecule has 2 amide bonds. The maximum Gasteiger partial charge on any atom is 0.308 e. The number of hydrogen-bond donors (Lipinski definition) is 1. The third-order valence-electron chi connectivity index (χ3n) is 3.38. The zero-order chi connectivity index (χ0) is 16.8. The van der Waals surface area contributed by atoms with Crippen LogP contribution in [0.15, 0.2) is 24.3 Å². The van der Waals surface area contributed by atoms with Crippen molar-refractivity contribution < 1.29 is 23.9 Å². The number of carbonyl (C=O) groups is 3. The number of hydrogen-bond acceptors (Lipinski definition) is 5. The molecule has 7 heteroatoms. The van der Waals surface area contributed by atoms with Gasteiger partial charge in [-0.15, -0.1) is 0 Å². The van der Waals surface area contributed by atoms with E-state index in [9.17, 15) is 14.4 Å². The highest BCUT2D eigenvalue weighted by atomic mass is 16.5. The van der Waals surface area contributed by atoms with E-state index >= 15 is 0 Å². The first-order valence-corrected chi connectivity index (χ1v) is 7.52. The average molecular weight is 320 g/mol. The van der Waals surface area contributed by atoms with Crippen LogP contribution in [0.1, 0.15) is 20.3 Å². The van der Waals surface area contributed by atoms with Gasteiger partial charge in [-0.3, -0.25) is 14.4 Å². The van der Waals surface area contributed by atoms with E-state index in [4.69, 9.17) is 9.47 Å². The van der Waals surface area contributed by atoms with Gasteiger partial charge in [-0.2, -0.15) is 0 Å². The molecule has 0 spiro atoms. The van der Waals surface area contributed by atoms with Crippen LogP contribution in [0.3, 0.4) is 0 Å². The van der Waals surface area contributed by atoms with Crippen molar-refractivity contribution in [2.24, 2.45) is 0 Å². The van der Waals surface area contributed by atoms with E-state index in [0.29, 0.717) is 18.0 Å². The molecule has 0 aromatic heterocycles. The number of anilines is 1. The van der Waals surface area contributed by atoms with E-state index in [1.165, 1.54) is 11.8 Å². The fourth-order valence-corrected chi connectivity index (χ4v) is 2.23. The zero-order valence-electron chi connectivity index (χ0n) is 13.2. The fourth-order valence-electron chi connectivity index (χ4n) is 2.23. The molecule has 1 heterocycles. The van der Waals surface area contributed by atoms with E-state index in [-0.39, 0.29) is 31.4 Å². The van der Waals surface area contributed by atoms with E-state index in [0.717, 1.165) is 0 Å². The summed E-state index contributed by atoms with van der Waals surface area (Å²) in [4.78, 5) is 36.8. The maximum absolute atomic E-state index is 12.0. The van der Waals surface area contributed by atoms with Crippen molar-refractivity contribution in [1.82, 2.24) is 5.32 Å². The van der Waals surface area contributed by atoms with Crippen LogP contribution in [-0.2, 0) is 19.1 Å². The van der Waals surface area contributed by atoms with Gasteiger partial charge in [0, 0.05) is 13.1 Å². The second-order valence-corrected chi connectivity index (χ2v) is 5.08. The first kappa shape index (κ1) is 16.8. The molecule has 23 heavy (non-hydrogen) atoms. The third-order valence-corrected chi connectivity index (χ3v) is 3.38. The summed E-state index contributed by atoms with van der Waals surface area (Å²) in [5, 5.41) is 2.58. The number of fused-ring (bicyclic) bond motifs is 1. The molecule has 0 fully saturated rings. The van der Waals surface area contributed by atoms with Crippen molar-refractivity contribution >= 4 is 23.5 Å². The molecule has 0 radical (unpaired) electrons. The Morgan fingerprint density at radius 1 is 1.39 bits per heavy atom. The molecule has 1 atom stereocenters. The molecule has 0 saturated carbocycles. The Morgan fingerprint density at radius 3 is 2.87 bits per heavy atom. The van der Waals surface area contributed by atoms with E-state index in [1.54, 1.807) is 25.1 Å². The zero-order valence-corrected chi connectivity index (χ0v) is 13.2. The van der Waals surface area contributed by atoms with Crippen LogP contribution >= 0.6 is 0 Å². The number of rotatable bonds is 6. The summed E-state index contributed by atoms with van der Waals surface area (Å²) in [6.45, 7) is 3.90. The van der Waals surface area contributed by atoms with Crippen molar-refractivity contribution in [3.63, 3.8) is 0 Å². The minimum absolute atomic E-state index is 0.00379. The number of nitrogens with zero attached hydrogens (tertiary/aromatic N) is 1. The summed E-state index contributed by atoms with van der Waals surface area (Å²) >= 11 is 0. The average Bonchev–Trinajstić information content (AvgIpc) is 2.54. The predicted octanol–water partition coefficient (Wildman–Crippen LogP) is 0.870. The largest absolute Gasteiger partial charge is 0.482 e. The lowest BCUT2D eigenvalue weighted by atomic mass is 10.2. The summed E-state index contributed by atoms with van der Waals surface area (Å²) in [5.41, 5.74) is 0.633. The van der Waals surface area contributed by atoms with Gasteiger partial charge in [-0.05, 0) is 26.0 Å². The summed E-state index contributed by atoms with van der Waals surface area (Å²) in [7, 11) is 0. The van der Waals surface area contributed by atoms with Gasteiger partial charge in [-0.25, -0.2) is 0 Å². The first-order valence-electron chi connectivity index (χ1n) is 7.52. The number of esters is 1.